The van der Waals surface area contributed by atoms with Crippen LogP contribution in [0.25, 0.3) is 0 Å². The lowest BCUT2D eigenvalue weighted by atomic mass is 10.0. The molecule has 1 unspecified atom stereocenters. The number of nitrogens with zero attached hydrogens (tertiary/aromatic N) is 1. The fourth-order valence-corrected chi connectivity index (χ4v) is 1.45. The highest BCUT2D eigenvalue weighted by atomic mass is 16.5. The van der Waals surface area contributed by atoms with Gasteiger partial charge in [-0.25, -0.2) is 0 Å². The molecule has 1 aromatic heterocycles. The Hall–Kier alpha value is -1.42. The zero-order chi connectivity index (χ0) is 12.0. The Balaban J connectivity index is 2.54. The summed E-state index contributed by atoms with van der Waals surface area (Å²) in [6, 6.07) is 3.57. The Morgan fingerprint density at radius 2 is 2.31 bits per heavy atom. The highest BCUT2D eigenvalue weighted by molar-refractivity contribution is 5.75. The highest BCUT2D eigenvalue weighted by Crippen LogP contribution is 2.05. The number of methoxy groups -OCH3 is 1. The van der Waals surface area contributed by atoms with Crippen LogP contribution < -0.4 is 5.32 Å². The average molecular weight is 222 g/mol. The molecule has 0 amide bonds. The van der Waals surface area contributed by atoms with Gasteiger partial charge in [0.25, 0.3) is 0 Å². The van der Waals surface area contributed by atoms with Gasteiger partial charge in [0.2, 0.25) is 0 Å². The molecule has 1 atom stereocenters. The van der Waals surface area contributed by atoms with Crippen LogP contribution in [0.2, 0.25) is 0 Å². The first-order valence-electron chi connectivity index (χ1n) is 5.35. The summed E-state index contributed by atoms with van der Waals surface area (Å²) in [7, 11) is 1.41. The van der Waals surface area contributed by atoms with Gasteiger partial charge in [-0.05, 0) is 17.5 Å². The van der Waals surface area contributed by atoms with Gasteiger partial charge in [0.05, 0.1) is 7.11 Å². The predicted octanol–water partition coefficient (Wildman–Crippen LogP) is 1.37. The topological polar surface area (TPSA) is 51.2 Å². The molecular weight excluding hydrogens is 204 g/mol. The molecule has 0 spiro atoms. The van der Waals surface area contributed by atoms with Crippen molar-refractivity contribution in [3.63, 3.8) is 0 Å². The van der Waals surface area contributed by atoms with Gasteiger partial charge in [-0.3, -0.25) is 9.78 Å². The van der Waals surface area contributed by atoms with Crippen LogP contribution in [0, 0.1) is 5.92 Å². The quantitative estimate of drug-likeness (QED) is 0.764. The van der Waals surface area contributed by atoms with E-state index >= 15 is 0 Å². The predicted molar refractivity (Wildman–Crippen MR) is 61.7 cm³/mol. The maximum atomic E-state index is 11.5. The third-order valence-electron chi connectivity index (χ3n) is 2.37. The number of carbonyl (C=O) groups is 1. The summed E-state index contributed by atoms with van der Waals surface area (Å²) in [6.45, 7) is 4.58. The van der Waals surface area contributed by atoms with Gasteiger partial charge >= 0.3 is 5.97 Å². The molecule has 0 fully saturated rings. The minimum Gasteiger partial charge on any atom is -0.468 e. The van der Waals surface area contributed by atoms with Crippen molar-refractivity contribution in [1.29, 1.82) is 0 Å². The lowest BCUT2D eigenvalue weighted by Gasteiger charge is -2.19. The van der Waals surface area contributed by atoms with Crippen molar-refractivity contribution in [2.45, 2.75) is 26.4 Å². The van der Waals surface area contributed by atoms with E-state index in [1.165, 1.54) is 7.11 Å². The van der Waals surface area contributed by atoms with Crippen molar-refractivity contribution >= 4 is 5.97 Å². The van der Waals surface area contributed by atoms with Gasteiger partial charge in [0.1, 0.15) is 6.04 Å². The zero-order valence-electron chi connectivity index (χ0n) is 9.93. The Morgan fingerprint density at radius 3 is 2.81 bits per heavy atom. The molecule has 1 rings (SSSR count). The van der Waals surface area contributed by atoms with Crippen LogP contribution in [-0.2, 0) is 16.1 Å². The molecule has 0 radical (unpaired) electrons. The SMILES string of the molecule is COC(=O)C(NCc1cccnc1)C(C)C. The summed E-state index contributed by atoms with van der Waals surface area (Å²) in [5.74, 6) is -0.0250. The molecule has 0 bridgehead atoms. The van der Waals surface area contributed by atoms with Gasteiger partial charge in [0, 0.05) is 18.9 Å². The molecule has 0 aromatic carbocycles. The number of hydrogen-bond acceptors (Lipinski definition) is 4. The van der Waals surface area contributed by atoms with Gasteiger partial charge in [-0.15, -0.1) is 0 Å². The second-order valence-electron chi connectivity index (χ2n) is 3.99. The van der Waals surface area contributed by atoms with Crippen molar-refractivity contribution in [3.05, 3.63) is 30.1 Å². The standard InChI is InChI=1S/C12H18N2O2/c1-9(2)11(12(15)16-3)14-8-10-5-4-6-13-7-10/h4-7,9,11,14H,8H2,1-3H3. The number of ether oxygens (including phenoxy) is 1. The first-order chi connectivity index (χ1) is 7.65. The van der Waals surface area contributed by atoms with E-state index < -0.39 is 0 Å². The third-order valence-corrected chi connectivity index (χ3v) is 2.37. The van der Waals surface area contributed by atoms with Crippen molar-refractivity contribution in [2.24, 2.45) is 5.92 Å². The summed E-state index contributed by atoms with van der Waals surface area (Å²) in [5, 5.41) is 3.17. The van der Waals surface area contributed by atoms with E-state index in [4.69, 9.17) is 4.74 Å². The second kappa shape index (κ2) is 6.23. The fourth-order valence-electron chi connectivity index (χ4n) is 1.45. The summed E-state index contributed by atoms with van der Waals surface area (Å²) in [5.41, 5.74) is 1.05. The molecule has 0 aliphatic rings. The van der Waals surface area contributed by atoms with Crippen LogP contribution in [0.5, 0.6) is 0 Å². The second-order valence-corrected chi connectivity index (χ2v) is 3.99. The smallest absolute Gasteiger partial charge is 0.323 e. The van der Waals surface area contributed by atoms with Crippen LogP contribution in [0.1, 0.15) is 19.4 Å². The highest BCUT2D eigenvalue weighted by Gasteiger charge is 2.21. The lowest BCUT2D eigenvalue weighted by Crippen LogP contribution is -2.41. The first kappa shape index (κ1) is 12.6. The van der Waals surface area contributed by atoms with Crippen LogP contribution in [0.4, 0.5) is 0 Å². The Kier molecular flexibility index (Phi) is 4.92. The average Bonchev–Trinajstić information content (AvgIpc) is 2.30. The van der Waals surface area contributed by atoms with E-state index in [2.05, 4.69) is 10.3 Å². The molecule has 0 aliphatic heterocycles. The summed E-state index contributed by atoms with van der Waals surface area (Å²) in [6.07, 6.45) is 3.51. The van der Waals surface area contributed by atoms with E-state index in [-0.39, 0.29) is 17.9 Å². The normalized spacial score (nSPS) is 12.5. The minimum atomic E-state index is -0.273. The molecule has 0 saturated heterocycles. The zero-order valence-corrected chi connectivity index (χ0v) is 9.93. The maximum absolute atomic E-state index is 11.5. The molecule has 1 heterocycles. The van der Waals surface area contributed by atoms with Crippen molar-refractivity contribution in [1.82, 2.24) is 10.3 Å². The molecule has 4 nitrogen and oxygen atoms in total. The third kappa shape index (κ3) is 3.62. The van der Waals surface area contributed by atoms with Gasteiger partial charge in [-0.2, -0.15) is 0 Å². The fraction of sp³-hybridized carbons (Fsp3) is 0.500. The number of nitrogens with one attached hydrogen (secondary N) is 1. The summed E-state index contributed by atoms with van der Waals surface area (Å²) < 4.78 is 4.75. The van der Waals surface area contributed by atoms with E-state index in [1.54, 1.807) is 12.4 Å². The van der Waals surface area contributed by atoms with E-state index in [1.807, 2.05) is 26.0 Å². The number of pyridine rings is 1. The monoisotopic (exact) mass is 222 g/mol. The van der Waals surface area contributed by atoms with E-state index in [0.717, 1.165) is 5.56 Å². The Labute approximate surface area is 96.0 Å². The van der Waals surface area contributed by atoms with Gasteiger partial charge in [0.15, 0.2) is 0 Å². The molecule has 1 aromatic rings. The molecular formula is C12H18N2O2. The van der Waals surface area contributed by atoms with Crippen LogP contribution in [0.15, 0.2) is 24.5 Å². The van der Waals surface area contributed by atoms with Crippen molar-refractivity contribution in [3.8, 4) is 0 Å². The summed E-state index contributed by atoms with van der Waals surface area (Å²) >= 11 is 0. The molecule has 4 heteroatoms. The van der Waals surface area contributed by atoms with Crippen LogP contribution in [-0.4, -0.2) is 24.1 Å². The Morgan fingerprint density at radius 1 is 1.56 bits per heavy atom. The first-order valence-corrected chi connectivity index (χ1v) is 5.35. The number of hydrogen-bond donors (Lipinski definition) is 1. The number of carbonyl (C=O) groups excluding carboxylic acids is 1. The molecule has 1 N–H and O–H groups in total. The molecule has 16 heavy (non-hydrogen) atoms. The number of rotatable bonds is 5. The lowest BCUT2D eigenvalue weighted by molar-refractivity contribution is -0.144. The molecule has 0 aliphatic carbocycles. The largest absolute Gasteiger partial charge is 0.468 e. The molecule has 0 saturated carbocycles. The van der Waals surface area contributed by atoms with Crippen molar-refractivity contribution < 1.29 is 9.53 Å². The minimum absolute atomic E-state index is 0.198. The van der Waals surface area contributed by atoms with Gasteiger partial charge < -0.3 is 10.1 Å². The molecule has 88 valence electrons. The summed E-state index contributed by atoms with van der Waals surface area (Å²) in [4.78, 5) is 15.5. The van der Waals surface area contributed by atoms with E-state index in [0.29, 0.717) is 6.54 Å². The Bertz CT molecular complexity index is 325. The number of aromatic nitrogens is 1. The van der Waals surface area contributed by atoms with Crippen LogP contribution >= 0.6 is 0 Å². The number of esters is 1. The van der Waals surface area contributed by atoms with Crippen LogP contribution in [0.3, 0.4) is 0 Å². The maximum Gasteiger partial charge on any atom is 0.323 e. The van der Waals surface area contributed by atoms with Crippen molar-refractivity contribution in [2.75, 3.05) is 7.11 Å². The van der Waals surface area contributed by atoms with E-state index in [9.17, 15) is 4.79 Å². The van der Waals surface area contributed by atoms with Gasteiger partial charge in [-0.1, -0.05) is 19.9 Å².